The largest absolute Gasteiger partial charge is 0.484 e. The molecule has 0 saturated carbocycles. The molecular weight excluding hydrogens is 312 g/mol. The molecule has 0 radical (unpaired) electrons. The molecule has 0 unspecified atom stereocenters. The summed E-state index contributed by atoms with van der Waals surface area (Å²) in [5.74, 6) is 0.394. The molecule has 2 aromatic carbocycles. The SMILES string of the molecule is Cc1ccc(Cl)cc1NC(=O)COc1ccc2ncccc2c1. The van der Waals surface area contributed by atoms with Gasteiger partial charge in [-0.3, -0.25) is 9.78 Å². The van der Waals surface area contributed by atoms with E-state index in [1.807, 2.05) is 37.3 Å². The van der Waals surface area contributed by atoms with Crippen LogP contribution < -0.4 is 10.1 Å². The van der Waals surface area contributed by atoms with Crippen LogP contribution in [-0.4, -0.2) is 17.5 Å². The number of anilines is 1. The average molecular weight is 327 g/mol. The summed E-state index contributed by atoms with van der Waals surface area (Å²) >= 11 is 5.94. The van der Waals surface area contributed by atoms with Crippen LogP contribution in [0.5, 0.6) is 5.75 Å². The maximum Gasteiger partial charge on any atom is 0.262 e. The number of nitrogens with zero attached hydrogens (tertiary/aromatic N) is 1. The number of benzene rings is 2. The summed E-state index contributed by atoms with van der Waals surface area (Å²) in [7, 11) is 0. The van der Waals surface area contributed by atoms with Crippen LogP contribution in [0.2, 0.25) is 5.02 Å². The average Bonchev–Trinajstić information content (AvgIpc) is 2.56. The van der Waals surface area contributed by atoms with Crippen LogP contribution in [0.25, 0.3) is 10.9 Å². The number of carbonyl (C=O) groups is 1. The number of halogens is 1. The van der Waals surface area contributed by atoms with Crippen LogP contribution in [0.4, 0.5) is 5.69 Å². The number of fused-ring (bicyclic) bond motifs is 1. The van der Waals surface area contributed by atoms with Gasteiger partial charge in [-0.1, -0.05) is 23.7 Å². The lowest BCUT2D eigenvalue weighted by Crippen LogP contribution is -2.20. The molecule has 3 rings (SSSR count). The fourth-order valence-electron chi connectivity index (χ4n) is 2.21. The van der Waals surface area contributed by atoms with E-state index < -0.39 is 0 Å². The smallest absolute Gasteiger partial charge is 0.262 e. The van der Waals surface area contributed by atoms with E-state index in [2.05, 4.69) is 10.3 Å². The van der Waals surface area contributed by atoms with Gasteiger partial charge in [0.1, 0.15) is 5.75 Å². The zero-order chi connectivity index (χ0) is 16.2. The van der Waals surface area contributed by atoms with Crippen molar-refractivity contribution in [1.29, 1.82) is 0 Å². The van der Waals surface area contributed by atoms with E-state index in [1.165, 1.54) is 0 Å². The first-order valence-electron chi connectivity index (χ1n) is 7.15. The Morgan fingerprint density at radius 2 is 2.09 bits per heavy atom. The fraction of sp³-hybridized carbons (Fsp3) is 0.111. The van der Waals surface area contributed by atoms with Gasteiger partial charge in [0.05, 0.1) is 5.52 Å². The molecule has 0 fully saturated rings. The second-order valence-corrected chi connectivity index (χ2v) is 5.59. The van der Waals surface area contributed by atoms with Crippen molar-refractivity contribution in [3.63, 3.8) is 0 Å². The number of carbonyl (C=O) groups excluding carboxylic acids is 1. The number of amides is 1. The standard InChI is InChI=1S/C18H15ClN2O2/c1-12-4-5-14(19)10-17(12)21-18(22)11-23-15-6-7-16-13(9-15)3-2-8-20-16/h2-10H,11H2,1H3,(H,21,22). The highest BCUT2D eigenvalue weighted by atomic mass is 35.5. The van der Waals surface area contributed by atoms with Crippen LogP contribution in [0.3, 0.4) is 0 Å². The maximum absolute atomic E-state index is 12.0. The Morgan fingerprint density at radius 3 is 2.96 bits per heavy atom. The lowest BCUT2D eigenvalue weighted by atomic mass is 10.2. The lowest BCUT2D eigenvalue weighted by Gasteiger charge is -2.10. The Morgan fingerprint density at radius 1 is 1.22 bits per heavy atom. The first kappa shape index (κ1) is 15.3. The second-order valence-electron chi connectivity index (χ2n) is 5.15. The third kappa shape index (κ3) is 3.79. The van der Waals surface area contributed by atoms with Crippen molar-refractivity contribution in [2.24, 2.45) is 0 Å². The van der Waals surface area contributed by atoms with Gasteiger partial charge in [0.25, 0.3) is 5.91 Å². The Balaban J connectivity index is 1.64. The molecule has 0 spiro atoms. The van der Waals surface area contributed by atoms with Gasteiger partial charge in [0.2, 0.25) is 0 Å². The fourth-order valence-corrected chi connectivity index (χ4v) is 2.38. The minimum atomic E-state index is -0.235. The van der Waals surface area contributed by atoms with Gasteiger partial charge in [-0.15, -0.1) is 0 Å². The third-order valence-electron chi connectivity index (χ3n) is 3.42. The molecule has 23 heavy (non-hydrogen) atoms. The number of nitrogens with one attached hydrogen (secondary N) is 1. The van der Waals surface area contributed by atoms with Gasteiger partial charge >= 0.3 is 0 Å². The molecule has 5 heteroatoms. The summed E-state index contributed by atoms with van der Waals surface area (Å²) < 4.78 is 5.55. The van der Waals surface area contributed by atoms with E-state index in [9.17, 15) is 4.79 Å². The highest BCUT2D eigenvalue weighted by Gasteiger charge is 2.07. The van der Waals surface area contributed by atoms with Gasteiger partial charge in [-0.05, 0) is 48.9 Å². The van der Waals surface area contributed by atoms with Gasteiger partial charge in [-0.25, -0.2) is 0 Å². The summed E-state index contributed by atoms with van der Waals surface area (Å²) in [5, 5.41) is 4.34. The molecule has 1 heterocycles. The Labute approximate surface area is 139 Å². The van der Waals surface area contributed by atoms with E-state index >= 15 is 0 Å². The lowest BCUT2D eigenvalue weighted by molar-refractivity contribution is -0.118. The van der Waals surface area contributed by atoms with Gasteiger partial charge in [0, 0.05) is 22.3 Å². The number of hydrogen-bond donors (Lipinski definition) is 1. The molecule has 3 aromatic rings. The number of rotatable bonds is 4. The molecule has 0 aliphatic heterocycles. The van der Waals surface area contributed by atoms with Gasteiger partial charge in [-0.2, -0.15) is 0 Å². The second kappa shape index (κ2) is 6.67. The van der Waals surface area contributed by atoms with Crippen molar-refractivity contribution < 1.29 is 9.53 Å². The van der Waals surface area contributed by atoms with Crippen LogP contribution in [0.15, 0.2) is 54.7 Å². The van der Waals surface area contributed by atoms with E-state index in [4.69, 9.17) is 16.3 Å². The predicted octanol–water partition coefficient (Wildman–Crippen LogP) is 4.21. The number of ether oxygens (including phenoxy) is 1. The number of aromatic nitrogens is 1. The molecule has 116 valence electrons. The zero-order valence-electron chi connectivity index (χ0n) is 12.5. The Kier molecular flexibility index (Phi) is 4.44. The third-order valence-corrected chi connectivity index (χ3v) is 3.65. The summed E-state index contributed by atoms with van der Waals surface area (Å²) in [4.78, 5) is 16.3. The first-order chi connectivity index (χ1) is 11.1. The molecule has 0 aliphatic carbocycles. The topological polar surface area (TPSA) is 51.2 Å². The Hall–Kier alpha value is -2.59. The molecule has 0 bridgehead atoms. The van der Waals surface area contributed by atoms with Crippen LogP contribution in [-0.2, 0) is 4.79 Å². The van der Waals surface area contributed by atoms with Crippen molar-refractivity contribution >= 4 is 34.1 Å². The first-order valence-corrected chi connectivity index (χ1v) is 7.53. The van der Waals surface area contributed by atoms with Crippen molar-refractivity contribution in [1.82, 2.24) is 4.98 Å². The molecule has 1 aromatic heterocycles. The summed E-state index contributed by atoms with van der Waals surface area (Å²) in [6.45, 7) is 1.83. The molecule has 1 N–H and O–H groups in total. The number of pyridine rings is 1. The quantitative estimate of drug-likeness (QED) is 0.781. The van der Waals surface area contributed by atoms with Crippen molar-refractivity contribution in [2.75, 3.05) is 11.9 Å². The van der Waals surface area contributed by atoms with Crippen LogP contribution in [0, 0.1) is 6.92 Å². The van der Waals surface area contributed by atoms with Crippen molar-refractivity contribution in [2.45, 2.75) is 6.92 Å². The Bertz CT molecular complexity index is 865. The van der Waals surface area contributed by atoms with Gasteiger partial charge < -0.3 is 10.1 Å². The number of aryl methyl sites for hydroxylation is 1. The summed E-state index contributed by atoms with van der Waals surface area (Å²) in [6, 6.07) is 14.7. The highest BCUT2D eigenvalue weighted by molar-refractivity contribution is 6.31. The monoisotopic (exact) mass is 326 g/mol. The predicted molar refractivity (Wildman–Crippen MR) is 92.1 cm³/mol. The van der Waals surface area contributed by atoms with Crippen LogP contribution >= 0.6 is 11.6 Å². The zero-order valence-corrected chi connectivity index (χ0v) is 13.3. The maximum atomic E-state index is 12.0. The van der Waals surface area contributed by atoms with Crippen LogP contribution in [0.1, 0.15) is 5.56 Å². The van der Waals surface area contributed by atoms with E-state index in [0.29, 0.717) is 16.5 Å². The van der Waals surface area contributed by atoms with E-state index in [0.717, 1.165) is 16.5 Å². The summed E-state index contributed by atoms with van der Waals surface area (Å²) in [6.07, 6.45) is 1.74. The summed E-state index contributed by atoms with van der Waals surface area (Å²) in [5.41, 5.74) is 2.52. The normalized spacial score (nSPS) is 10.5. The highest BCUT2D eigenvalue weighted by Crippen LogP contribution is 2.21. The van der Waals surface area contributed by atoms with E-state index in [-0.39, 0.29) is 12.5 Å². The molecule has 0 saturated heterocycles. The number of hydrogen-bond acceptors (Lipinski definition) is 3. The molecule has 1 amide bonds. The molecule has 4 nitrogen and oxygen atoms in total. The van der Waals surface area contributed by atoms with Crippen molar-refractivity contribution in [3.05, 3.63) is 65.3 Å². The van der Waals surface area contributed by atoms with E-state index in [1.54, 1.807) is 24.4 Å². The molecule has 0 aliphatic rings. The minimum Gasteiger partial charge on any atom is -0.484 e. The molecular formula is C18H15ClN2O2. The van der Waals surface area contributed by atoms with Crippen molar-refractivity contribution in [3.8, 4) is 5.75 Å². The minimum absolute atomic E-state index is 0.0717. The molecule has 0 atom stereocenters. The van der Waals surface area contributed by atoms with Gasteiger partial charge in [0.15, 0.2) is 6.61 Å².